The van der Waals surface area contributed by atoms with E-state index in [4.69, 9.17) is 14.2 Å². The Bertz CT molecular complexity index is 899. The first-order valence-electron chi connectivity index (χ1n) is 10.6. The fourth-order valence-electron chi connectivity index (χ4n) is 2.83. The monoisotopic (exact) mass is 457 g/mol. The average molecular weight is 458 g/mol. The number of methoxy groups -OCH3 is 1. The molecule has 2 aromatic rings. The van der Waals surface area contributed by atoms with Gasteiger partial charge in [-0.1, -0.05) is 36.4 Å². The molecule has 33 heavy (non-hydrogen) atoms. The number of alkyl carbamates (subject to hydrolysis) is 1. The van der Waals surface area contributed by atoms with Crippen molar-refractivity contribution in [2.75, 3.05) is 20.2 Å². The topological polar surface area (TPSA) is 107 Å². The van der Waals surface area contributed by atoms with Crippen LogP contribution in [0.25, 0.3) is 0 Å². The van der Waals surface area contributed by atoms with Gasteiger partial charge in [0.1, 0.15) is 18.2 Å². The second kappa shape index (κ2) is 12.4. The highest BCUT2D eigenvalue weighted by Crippen LogP contribution is 2.12. The first kappa shape index (κ1) is 25.6. The van der Waals surface area contributed by atoms with E-state index in [1.807, 2.05) is 42.5 Å². The molecule has 1 heterocycles. The Kier molecular flexibility index (Phi) is 9.65. The van der Waals surface area contributed by atoms with Crippen LogP contribution in [0.4, 0.5) is 9.59 Å². The van der Waals surface area contributed by atoms with Crippen LogP contribution in [0.2, 0.25) is 0 Å². The number of esters is 1. The number of carbonyl (C=O) groups is 3. The largest absolute Gasteiger partial charge is 0.467 e. The van der Waals surface area contributed by atoms with E-state index in [9.17, 15) is 14.4 Å². The third-order valence-electron chi connectivity index (χ3n) is 4.41. The summed E-state index contributed by atoms with van der Waals surface area (Å²) in [6.45, 7) is 5.35. The molecular weight excluding hydrogens is 426 g/mol. The Hall–Kier alpha value is -3.62. The average Bonchev–Trinajstić information content (AvgIpc) is 2.79. The molecule has 9 nitrogen and oxygen atoms in total. The Morgan fingerprint density at radius 2 is 1.76 bits per heavy atom. The van der Waals surface area contributed by atoms with Gasteiger partial charge in [0, 0.05) is 24.9 Å². The highest BCUT2D eigenvalue weighted by molar-refractivity contribution is 5.82. The number of nitrogens with zero attached hydrogens (tertiary/aromatic N) is 2. The van der Waals surface area contributed by atoms with Gasteiger partial charge in [-0.05, 0) is 38.5 Å². The Morgan fingerprint density at radius 1 is 1.06 bits per heavy atom. The molecule has 0 spiro atoms. The lowest BCUT2D eigenvalue weighted by Gasteiger charge is -2.29. The summed E-state index contributed by atoms with van der Waals surface area (Å²) >= 11 is 0. The molecule has 0 radical (unpaired) electrons. The summed E-state index contributed by atoms with van der Waals surface area (Å²) in [4.78, 5) is 43.1. The number of ether oxygens (including phenoxy) is 3. The molecule has 0 fully saturated rings. The Labute approximate surface area is 194 Å². The lowest BCUT2D eigenvalue weighted by Crippen LogP contribution is -2.51. The summed E-state index contributed by atoms with van der Waals surface area (Å²) in [5.74, 6) is -0.710. The van der Waals surface area contributed by atoms with Crippen molar-refractivity contribution in [3.63, 3.8) is 0 Å². The van der Waals surface area contributed by atoms with Crippen molar-refractivity contribution in [3.05, 3.63) is 66.0 Å². The Morgan fingerprint density at radius 3 is 2.36 bits per heavy atom. The summed E-state index contributed by atoms with van der Waals surface area (Å²) in [7, 11) is 1.21. The molecule has 0 saturated carbocycles. The zero-order valence-electron chi connectivity index (χ0n) is 19.4. The summed E-state index contributed by atoms with van der Waals surface area (Å²) < 4.78 is 15.5. The molecule has 0 saturated heterocycles. The van der Waals surface area contributed by atoms with Crippen LogP contribution in [-0.2, 0) is 32.0 Å². The zero-order valence-corrected chi connectivity index (χ0v) is 19.4. The van der Waals surface area contributed by atoms with Crippen LogP contribution in [-0.4, -0.2) is 59.9 Å². The predicted octanol–water partition coefficient (Wildman–Crippen LogP) is 3.33. The minimum atomic E-state index is -1.14. The normalized spacial score (nSPS) is 11.8. The molecule has 2 amide bonds. The van der Waals surface area contributed by atoms with E-state index < -0.39 is 29.8 Å². The van der Waals surface area contributed by atoms with E-state index in [-0.39, 0.29) is 19.7 Å². The minimum Gasteiger partial charge on any atom is -0.467 e. The molecule has 1 atom stereocenters. The third kappa shape index (κ3) is 9.59. The van der Waals surface area contributed by atoms with Crippen molar-refractivity contribution in [2.45, 2.75) is 45.4 Å². The highest BCUT2D eigenvalue weighted by Gasteiger charge is 2.30. The molecule has 9 heteroatoms. The van der Waals surface area contributed by atoms with E-state index in [1.165, 1.54) is 12.0 Å². The van der Waals surface area contributed by atoms with Crippen molar-refractivity contribution >= 4 is 18.2 Å². The van der Waals surface area contributed by atoms with Gasteiger partial charge < -0.3 is 24.4 Å². The van der Waals surface area contributed by atoms with Crippen LogP contribution in [0.5, 0.6) is 0 Å². The second-order valence-corrected chi connectivity index (χ2v) is 8.28. The third-order valence-corrected chi connectivity index (χ3v) is 4.41. The van der Waals surface area contributed by atoms with Crippen molar-refractivity contribution in [2.24, 2.45) is 0 Å². The fraction of sp³-hybridized carbons (Fsp3) is 0.417. The first-order chi connectivity index (χ1) is 15.7. The number of pyridine rings is 1. The molecule has 1 aromatic carbocycles. The molecule has 0 aliphatic heterocycles. The maximum atomic E-state index is 12.8. The second-order valence-electron chi connectivity index (χ2n) is 8.28. The van der Waals surface area contributed by atoms with Crippen molar-refractivity contribution in [3.8, 4) is 0 Å². The van der Waals surface area contributed by atoms with Gasteiger partial charge in [0.2, 0.25) is 0 Å². The van der Waals surface area contributed by atoms with E-state index in [1.54, 1.807) is 33.0 Å². The molecular formula is C24H31N3O6. The number of carbonyl (C=O) groups excluding carboxylic acids is 3. The zero-order chi connectivity index (χ0) is 24.3. The minimum absolute atomic E-state index is 0.0377. The Balaban J connectivity index is 2.07. The van der Waals surface area contributed by atoms with Crippen LogP contribution in [0, 0.1) is 0 Å². The summed E-state index contributed by atoms with van der Waals surface area (Å²) in [5.41, 5.74) is 0.840. The number of hydrogen-bond donors (Lipinski definition) is 1. The van der Waals surface area contributed by atoms with Gasteiger partial charge in [0.25, 0.3) is 0 Å². The number of hydrogen-bond acceptors (Lipinski definition) is 7. The smallest absolute Gasteiger partial charge is 0.410 e. The maximum absolute atomic E-state index is 12.8. The van der Waals surface area contributed by atoms with E-state index >= 15 is 0 Å². The lowest BCUT2D eigenvalue weighted by molar-refractivity contribution is -0.143. The van der Waals surface area contributed by atoms with Gasteiger partial charge >= 0.3 is 18.2 Å². The van der Waals surface area contributed by atoms with E-state index in [0.717, 1.165) is 11.3 Å². The summed E-state index contributed by atoms with van der Waals surface area (Å²) in [6.07, 6.45) is 0.677. The van der Waals surface area contributed by atoms with Crippen LogP contribution < -0.4 is 5.32 Å². The van der Waals surface area contributed by atoms with E-state index in [2.05, 4.69) is 10.3 Å². The van der Waals surface area contributed by atoms with Crippen LogP contribution >= 0.6 is 0 Å². The van der Waals surface area contributed by atoms with Gasteiger partial charge in [-0.2, -0.15) is 0 Å². The van der Waals surface area contributed by atoms with Gasteiger partial charge in [0.15, 0.2) is 0 Å². The predicted molar refractivity (Wildman–Crippen MR) is 121 cm³/mol. The number of amides is 2. The number of benzene rings is 1. The first-order valence-corrected chi connectivity index (χ1v) is 10.6. The van der Waals surface area contributed by atoms with Gasteiger partial charge in [-0.25, -0.2) is 14.4 Å². The van der Waals surface area contributed by atoms with Crippen molar-refractivity contribution < 1.29 is 28.6 Å². The van der Waals surface area contributed by atoms with Crippen LogP contribution in [0.1, 0.15) is 32.0 Å². The standard InChI is InChI=1S/C24H31N3O6/c1-24(2,3)33-23(30)27(15-13-19-12-8-9-14-25-19)16-20(21(28)31-4)26-22(29)32-17-18-10-6-5-7-11-18/h5-12,14,20H,13,15-17H2,1-4H3,(H,26,29)/t20-/m0/s1. The molecule has 0 bridgehead atoms. The van der Waals surface area contributed by atoms with E-state index in [0.29, 0.717) is 6.42 Å². The van der Waals surface area contributed by atoms with Gasteiger partial charge in [-0.3, -0.25) is 4.98 Å². The molecule has 0 aliphatic carbocycles. The molecule has 1 N–H and O–H groups in total. The molecule has 1 aromatic heterocycles. The number of aromatic nitrogens is 1. The molecule has 178 valence electrons. The van der Waals surface area contributed by atoms with Crippen molar-refractivity contribution in [1.29, 1.82) is 0 Å². The van der Waals surface area contributed by atoms with Crippen LogP contribution in [0.15, 0.2) is 54.7 Å². The quantitative estimate of drug-likeness (QED) is 0.455. The SMILES string of the molecule is COC(=O)[C@H](CN(CCc1ccccn1)C(=O)OC(C)(C)C)NC(=O)OCc1ccccc1. The summed E-state index contributed by atoms with van der Waals surface area (Å²) in [5, 5.41) is 2.48. The van der Waals surface area contributed by atoms with Crippen molar-refractivity contribution in [1.82, 2.24) is 15.2 Å². The molecule has 2 rings (SSSR count). The molecule has 0 unspecified atom stereocenters. The van der Waals surface area contributed by atoms with Gasteiger partial charge in [-0.15, -0.1) is 0 Å². The van der Waals surface area contributed by atoms with Crippen LogP contribution in [0.3, 0.4) is 0 Å². The maximum Gasteiger partial charge on any atom is 0.410 e. The fourth-order valence-corrected chi connectivity index (χ4v) is 2.83. The van der Waals surface area contributed by atoms with Gasteiger partial charge in [0.05, 0.1) is 13.7 Å². The molecule has 0 aliphatic rings. The number of rotatable bonds is 9. The lowest BCUT2D eigenvalue weighted by atomic mass is 10.2. The summed E-state index contributed by atoms with van der Waals surface area (Å²) in [6, 6.07) is 13.5. The number of nitrogens with one attached hydrogen (secondary N) is 1. The highest BCUT2D eigenvalue weighted by atomic mass is 16.6.